The normalized spacial score (nSPS) is 13.1. The molecule has 0 saturated carbocycles. The van der Waals surface area contributed by atoms with E-state index in [-0.39, 0.29) is 29.4 Å². The van der Waals surface area contributed by atoms with Gasteiger partial charge in [-0.15, -0.1) is 6.07 Å². The van der Waals surface area contributed by atoms with Gasteiger partial charge in [-0.1, -0.05) is 18.2 Å². The fourth-order valence-electron chi connectivity index (χ4n) is 3.22. The molecular formula is C19H17MnN4O3-. The third kappa shape index (κ3) is 4.02. The second-order valence-electron chi connectivity index (χ2n) is 6.44. The van der Waals surface area contributed by atoms with E-state index in [1.54, 1.807) is 12.5 Å². The van der Waals surface area contributed by atoms with Crippen molar-refractivity contribution in [2.45, 2.75) is 25.9 Å². The molecule has 1 aromatic heterocycles. The minimum atomic E-state index is -0.542. The summed E-state index contributed by atoms with van der Waals surface area (Å²) in [7, 11) is 0. The zero-order valence-electron chi connectivity index (χ0n) is 14.4. The summed E-state index contributed by atoms with van der Waals surface area (Å²) in [5, 5.41) is 2.90. The number of hydrogen-bond acceptors (Lipinski definition) is 5. The van der Waals surface area contributed by atoms with Gasteiger partial charge in [0.25, 0.3) is 0 Å². The number of anilines is 1. The van der Waals surface area contributed by atoms with Crippen molar-refractivity contribution in [3.63, 3.8) is 0 Å². The van der Waals surface area contributed by atoms with E-state index in [1.807, 2.05) is 17.0 Å². The Balaban J connectivity index is 0.00000210. The van der Waals surface area contributed by atoms with Crippen LogP contribution in [0, 0.1) is 6.07 Å². The van der Waals surface area contributed by atoms with Gasteiger partial charge in [0.05, 0.1) is 12.7 Å². The number of nitrogens with one attached hydrogen (secondary N) is 2. The Bertz CT molecular complexity index is 1020. The van der Waals surface area contributed by atoms with Crippen LogP contribution in [-0.2, 0) is 47.8 Å². The number of aromatic nitrogens is 2. The molecule has 2 N–H and O–H groups in total. The maximum absolute atomic E-state index is 12.0. The van der Waals surface area contributed by atoms with Gasteiger partial charge in [0.1, 0.15) is 10.9 Å². The van der Waals surface area contributed by atoms with E-state index in [9.17, 15) is 14.4 Å². The first-order valence-corrected chi connectivity index (χ1v) is 8.42. The fourth-order valence-corrected chi connectivity index (χ4v) is 3.22. The molecule has 3 aromatic rings. The first-order valence-electron chi connectivity index (χ1n) is 8.42. The number of aromatic amines is 1. The van der Waals surface area contributed by atoms with Crippen molar-refractivity contribution in [1.82, 2.24) is 15.3 Å². The molecule has 1 radical (unpaired) electrons. The molecular weight excluding hydrogens is 387 g/mol. The second kappa shape index (κ2) is 7.90. The number of H-pyrrole nitrogens is 1. The smallest absolute Gasteiger partial charge is 0.226 e. The Hall–Kier alpha value is -2.70. The molecule has 1 aliphatic heterocycles. The Morgan fingerprint density at radius 1 is 1.30 bits per heavy atom. The van der Waals surface area contributed by atoms with E-state index in [2.05, 4.69) is 27.4 Å². The van der Waals surface area contributed by atoms with Crippen molar-refractivity contribution in [1.29, 1.82) is 0 Å². The number of nitrogens with zero attached hydrogens (tertiary/aromatic N) is 2. The molecule has 7 nitrogen and oxygen atoms in total. The topological polar surface area (TPSA) is 95.2 Å². The number of carbonyl (C=O) groups is 1. The largest absolute Gasteiger partial charge is 0.385 e. The average Bonchev–Trinajstić information content (AvgIpc) is 3.16. The molecule has 0 atom stereocenters. The van der Waals surface area contributed by atoms with Crippen LogP contribution < -0.4 is 21.1 Å². The van der Waals surface area contributed by atoms with E-state index < -0.39 is 10.9 Å². The summed E-state index contributed by atoms with van der Waals surface area (Å²) in [6, 6.07) is 8.68. The predicted octanol–water partition coefficient (Wildman–Crippen LogP) is 0.225. The van der Waals surface area contributed by atoms with Gasteiger partial charge in [0.2, 0.25) is 5.91 Å². The molecule has 0 aliphatic carbocycles. The predicted molar refractivity (Wildman–Crippen MR) is 95.5 cm³/mol. The molecule has 0 bridgehead atoms. The van der Waals surface area contributed by atoms with Crippen molar-refractivity contribution in [3.05, 3.63) is 79.6 Å². The van der Waals surface area contributed by atoms with Crippen LogP contribution in [0.5, 0.6) is 0 Å². The Kier molecular flexibility index (Phi) is 5.58. The van der Waals surface area contributed by atoms with Crippen molar-refractivity contribution < 1.29 is 21.9 Å². The van der Waals surface area contributed by atoms with E-state index in [0.29, 0.717) is 25.3 Å². The molecule has 27 heavy (non-hydrogen) atoms. The van der Waals surface area contributed by atoms with Gasteiger partial charge in [-0.05, 0) is 28.8 Å². The van der Waals surface area contributed by atoms with Crippen LogP contribution in [0.15, 0.2) is 40.3 Å². The van der Waals surface area contributed by atoms with Gasteiger partial charge in [0.15, 0.2) is 0 Å². The van der Waals surface area contributed by atoms with Crippen LogP contribution in [0.2, 0.25) is 0 Å². The Morgan fingerprint density at radius 3 is 2.85 bits per heavy atom. The molecule has 1 amide bonds. The molecule has 0 spiro atoms. The fraction of sp³-hybridized carbons (Fsp3) is 0.263. The van der Waals surface area contributed by atoms with Crippen molar-refractivity contribution in [2.75, 3.05) is 11.4 Å². The quantitative estimate of drug-likeness (QED) is 0.361. The van der Waals surface area contributed by atoms with Gasteiger partial charge in [-0.25, -0.2) is 4.98 Å². The van der Waals surface area contributed by atoms with E-state index in [1.165, 1.54) is 5.56 Å². The second-order valence-corrected chi connectivity index (χ2v) is 6.44. The summed E-state index contributed by atoms with van der Waals surface area (Å²) < 4.78 is 0. The number of rotatable bonds is 5. The molecule has 8 heteroatoms. The Labute approximate surface area is 166 Å². The van der Waals surface area contributed by atoms with Crippen molar-refractivity contribution >= 4 is 11.6 Å². The molecule has 0 unspecified atom stereocenters. The Morgan fingerprint density at radius 2 is 2.15 bits per heavy atom. The molecule has 2 aromatic carbocycles. The number of benzene rings is 1. The average molecular weight is 404 g/mol. The minimum absolute atomic E-state index is 0. The van der Waals surface area contributed by atoms with Gasteiger partial charge in [-0.2, -0.15) is 0 Å². The summed E-state index contributed by atoms with van der Waals surface area (Å²) in [6.45, 7) is 1.72. The third-order valence-corrected chi connectivity index (χ3v) is 4.65. The minimum Gasteiger partial charge on any atom is -0.385 e. The number of imidazole rings is 1. The zero-order valence-corrected chi connectivity index (χ0v) is 15.6. The maximum atomic E-state index is 12.0. The maximum Gasteiger partial charge on any atom is 0.226 e. The van der Waals surface area contributed by atoms with Gasteiger partial charge in [0, 0.05) is 48.6 Å². The summed E-state index contributed by atoms with van der Waals surface area (Å²) >= 11 is 0. The van der Waals surface area contributed by atoms with E-state index in [4.69, 9.17) is 0 Å². The first-order chi connectivity index (χ1) is 12.6. The number of hydrogen-bond donors (Lipinski definition) is 2. The van der Waals surface area contributed by atoms with Crippen LogP contribution in [0.3, 0.4) is 0 Å². The molecule has 4 rings (SSSR count). The summed E-state index contributed by atoms with van der Waals surface area (Å²) in [6.07, 6.45) is 4.25. The molecule has 2 heterocycles. The van der Waals surface area contributed by atoms with Gasteiger partial charge < -0.3 is 24.8 Å². The number of amides is 1. The van der Waals surface area contributed by atoms with E-state index >= 15 is 0 Å². The van der Waals surface area contributed by atoms with Crippen LogP contribution in [0.4, 0.5) is 5.69 Å². The summed E-state index contributed by atoms with van der Waals surface area (Å²) in [5.41, 5.74) is 3.50. The van der Waals surface area contributed by atoms with Crippen LogP contribution in [-0.4, -0.2) is 22.4 Å². The standard InChI is InChI=1S/C19H17N4O3.Mn/c24-17-7-16(19(17)26)23-4-3-13-2-1-12(5-14(13)10-23)8-21-18(25)6-15-9-20-11-22-15;/h1-2,5,9,11H,3-4,6,8,10H2,(H,20,22)(H,21,25);/q-1;. The SMILES string of the molecule is O=C(Cc1cnc[nH]1)NCc1ccc2c(c1)CN(c1[c-]c(=O)c1=O)CC2.[Mn]. The van der Waals surface area contributed by atoms with Crippen LogP contribution in [0.25, 0.3) is 0 Å². The molecule has 1 aliphatic rings. The summed E-state index contributed by atoms with van der Waals surface area (Å²) in [5.74, 6) is -0.0769. The number of carbonyl (C=O) groups excluding carboxylic acids is 1. The van der Waals surface area contributed by atoms with E-state index in [0.717, 1.165) is 23.2 Å². The van der Waals surface area contributed by atoms with Crippen molar-refractivity contribution in [3.8, 4) is 0 Å². The number of fused-ring (bicyclic) bond motifs is 1. The monoisotopic (exact) mass is 404 g/mol. The molecule has 0 fully saturated rings. The third-order valence-electron chi connectivity index (χ3n) is 4.65. The van der Waals surface area contributed by atoms with Gasteiger partial charge >= 0.3 is 0 Å². The molecule has 139 valence electrons. The van der Waals surface area contributed by atoms with Crippen LogP contribution >= 0.6 is 0 Å². The molecule has 0 saturated heterocycles. The van der Waals surface area contributed by atoms with Crippen molar-refractivity contribution in [2.24, 2.45) is 0 Å². The van der Waals surface area contributed by atoms with Gasteiger partial charge in [-0.3, -0.25) is 4.79 Å². The summed E-state index contributed by atoms with van der Waals surface area (Å²) in [4.78, 5) is 43.4. The van der Waals surface area contributed by atoms with Crippen LogP contribution in [0.1, 0.15) is 22.4 Å². The first kappa shape index (κ1) is 19.1. The zero-order chi connectivity index (χ0) is 18.1.